The Morgan fingerprint density at radius 1 is 1.06 bits per heavy atom. The van der Waals surface area contributed by atoms with Gasteiger partial charge in [0.2, 0.25) is 5.82 Å². The number of aromatic nitrogens is 2. The number of amides is 2. The van der Waals surface area contributed by atoms with E-state index in [1.165, 1.54) is 22.1 Å². The summed E-state index contributed by atoms with van der Waals surface area (Å²) in [6.45, 7) is 1.91. The number of hydrogen-bond donors (Lipinski definition) is 3. The first kappa shape index (κ1) is 23.1. The number of carbonyl (C=O) groups excluding carboxylic acids is 3. The van der Waals surface area contributed by atoms with E-state index in [-0.39, 0.29) is 29.9 Å². The number of nitrogens with one attached hydrogen (secondary N) is 2. The van der Waals surface area contributed by atoms with Crippen molar-refractivity contribution in [3.8, 4) is 0 Å². The molecule has 0 aliphatic carbocycles. The average molecular weight is 504 g/mol. The number of furan rings is 1. The highest BCUT2D eigenvalue weighted by molar-refractivity contribution is 7.20. The number of hydrogen-bond acceptors (Lipinski definition) is 8. The molecule has 0 unspecified atom stereocenters. The number of thiophene rings is 1. The summed E-state index contributed by atoms with van der Waals surface area (Å²) in [4.78, 5) is 42.1. The van der Waals surface area contributed by atoms with Crippen molar-refractivity contribution in [2.45, 2.75) is 6.92 Å². The predicted octanol–water partition coefficient (Wildman–Crippen LogP) is 4.64. The second kappa shape index (κ2) is 9.19. The molecule has 0 aliphatic heterocycles. The van der Waals surface area contributed by atoms with Gasteiger partial charge < -0.3 is 30.1 Å². The Labute approximate surface area is 208 Å². The number of nitrogen functional groups attached to an aromatic ring is 1. The molecule has 0 radical (unpaired) electrons. The number of esters is 1. The standard InChI is InChI=1S/C25H21N5O5S/c1-3-34-25(33)22-28-21(12-30(22)2)29-23(31)18-10-13-9-16(5-6-17(13)35-18)27-24(32)20-11-14-8-15(26)4-7-19(14)36-20/h4-12H,3,26H2,1-2H3,(H,27,32)(H,29,31). The van der Waals surface area contributed by atoms with E-state index in [4.69, 9.17) is 14.9 Å². The van der Waals surface area contributed by atoms with Crippen LogP contribution in [0.3, 0.4) is 0 Å². The number of ether oxygens (including phenoxy) is 1. The van der Waals surface area contributed by atoms with E-state index < -0.39 is 11.9 Å². The highest BCUT2D eigenvalue weighted by Gasteiger charge is 2.19. The van der Waals surface area contributed by atoms with Crippen molar-refractivity contribution in [1.82, 2.24) is 9.55 Å². The summed E-state index contributed by atoms with van der Waals surface area (Å²) in [5.74, 6) is -1.06. The quantitative estimate of drug-likeness (QED) is 0.226. The maximum absolute atomic E-state index is 12.8. The second-order valence-corrected chi connectivity index (χ2v) is 9.04. The van der Waals surface area contributed by atoms with Gasteiger partial charge in [-0.15, -0.1) is 11.3 Å². The number of benzene rings is 2. The Bertz CT molecular complexity index is 1650. The largest absolute Gasteiger partial charge is 0.460 e. The highest BCUT2D eigenvalue weighted by Crippen LogP contribution is 2.29. The van der Waals surface area contributed by atoms with Crippen molar-refractivity contribution < 1.29 is 23.5 Å². The zero-order chi connectivity index (χ0) is 25.4. The van der Waals surface area contributed by atoms with Crippen LogP contribution in [0.4, 0.5) is 17.2 Å². The van der Waals surface area contributed by atoms with Gasteiger partial charge in [0.1, 0.15) is 5.58 Å². The Balaban J connectivity index is 1.31. The minimum atomic E-state index is -0.585. The predicted molar refractivity (Wildman–Crippen MR) is 138 cm³/mol. The molecule has 36 heavy (non-hydrogen) atoms. The zero-order valence-electron chi connectivity index (χ0n) is 19.3. The summed E-state index contributed by atoms with van der Waals surface area (Å²) in [7, 11) is 1.63. The Hall–Kier alpha value is -4.64. The van der Waals surface area contributed by atoms with Crippen molar-refractivity contribution in [2.75, 3.05) is 23.0 Å². The van der Waals surface area contributed by atoms with Crippen LogP contribution in [0.5, 0.6) is 0 Å². The topological polar surface area (TPSA) is 141 Å². The van der Waals surface area contributed by atoms with Gasteiger partial charge in [-0.2, -0.15) is 0 Å². The molecule has 2 aromatic carbocycles. The molecule has 5 rings (SSSR count). The monoisotopic (exact) mass is 503 g/mol. The second-order valence-electron chi connectivity index (χ2n) is 7.96. The SMILES string of the molecule is CCOC(=O)c1nc(NC(=O)c2cc3cc(NC(=O)c4cc5cc(N)ccc5s4)ccc3o2)cn1C. The lowest BCUT2D eigenvalue weighted by Gasteiger charge is -2.03. The first-order valence-electron chi connectivity index (χ1n) is 11.0. The van der Waals surface area contributed by atoms with E-state index in [1.807, 2.05) is 12.1 Å². The smallest absolute Gasteiger partial charge is 0.374 e. The molecule has 5 aromatic rings. The number of carbonyl (C=O) groups is 3. The molecule has 0 fully saturated rings. The molecule has 182 valence electrons. The van der Waals surface area contributed by atoms with Gasteiger partial charge in [-0.1, -0.05) is 0 Å². The van der Waals surface area contributed by atoms with Gasteiger partial charge in [-0.25, -0.2) is 9.78 Å². The summed E-state index contributed by atoms with van der Waals surface area (Å²) < 4.78 is 13.0. The van der Waals surface area contributed by atoms with Crippen LogP contribution in [-0.2, 0) is 11.8 Å². The fourth-order valence-corrected chi connectivity index (χ4v) is 4.63. The van der Waals surface area contributed by atoms with E-state index in [2.05, 4.69) is 15.6 Å². The molecule has 2 amide bonds. The van der Waals surface area contributed by atoms with Crippen molar-refractivity contribution in [3.63, 3.8) is 0 Å². The fourth-order valence-electron chi connectivity index (χ4n) is 3.69. The third-order valence-electron chi connectivity index (χ3n) is 5.34. The Morgan fingerprint density at radius 3 is 2.69 bits per heavy atom. The lowest BCUT2D eigenvalue weighted by molar-refractivity contribution is 0.0507. The van der Waals surface area contributed by atoms with Crippen LogP contribution in [0.15, 0.2) is 59.1 Å². The summed E-state index contributed by atoms with van der Waals surface area (Å²) >= 11 is 1.38. The van der Waals surface area contributed by atoms with Crippen LogP contribution < -0.4 is 16.4 Å². The number of rotatable bonds is 6. The molecule has 11 heteroatoms. The third-order valence-corrected chi connectivity index (χ3v) is 6.45. The molecule has 0 atom stereocenters. The van der Waals surface area contributed by atoms with E-state index in [1.54, 1.807) is 50.4 Å². The molecule has 4 N–H and O–H groups in total. The molecular formula is C25H21N5O5S. The van der Waals surface area contributed by atoms with Gasteiger partial charge in [-0.05, 0) is 60.8 Å². The van der Waals surface area contributed by atoms with E-state index >= 15 is 0 Å². The molecule has 3 aromatic heterocycles. The zero-order valence-corrected chi connectivity index (χ0v) is 20.1. The number of anilines is 3. The lowest BCUT2D eigenvalue weighted by atomic mass is 10.2. The molecule has 10 nitrogen and oxygen atoms in total. The first-order chi connectivity index (χ1) is 17.3. The van der Waals surface area contributed by atoms with Crippen LogP contribution in [0, 0.1) is 0 Å². The minimum absolute atomic E-state index is 0.0545. The van der Waals surface area contributed by atoms with Gasteiger partial charge in [-0.3, -0.25) is 9.59 Å². The number of imidazole rings is 1. The molecule has 3 heterocycles. The first-order valence-corrected chi connectivity index (χ1v) is 11.8. The molecule has 0 spiro atoms. The van der Waals surface area contributed by atoms with Crippen molar-refractivity contribution in [2.24, 2.45) is 7.05 Å². The van der Waals surface area contributed by atoms with Crippen molar-refractivity contribution in [3.05, 3.63) is 71.2 Å². The summed E-state index contributed by atoms with van der Waals surface area (Å²) in [5.41, 5.74) is 7.50. The van der Waals surface area contributed by atoms with E-state index in [9.17, 15) is 14.4 Å². The Kier molecular flexibility index (Phi) is 5.90. The van der Waals surface area contributed by atoms with Crippen molar-refractivity contribution >= 4 is 67.4 Å². The molecule has 0 bridgehead atoms. The van der Waals surface area contributed by atoms with Gasteiger partial charge in [0, 0.05) is 34.7 Å². The van der Waals surface area contributed by atoms with Gasteiger partial charge in [0.05, 0.1) is 11.5 Å². The van der Waals surface area contributed by atoms with Gasteiger partial charge >= 0.3 is 5.97 Å². The number of nitrogens with zero attached hydrogens (tertiary/aromatic N) is 2. The van der Waals surface area contributed by atoms with Crippen LogP contribution in [0.1, 0.15) is 37.8 Å². The highest BCUT2D eigenvalue weighted by atomic mass is 32.1. The maximum atomic E-state index is 12.8. The molecule has 0 saturated carbocycles. The van der Waals surface area contributed by atoms with Gasteiger partial charge in [0.15, 0.2) is 11.6 Å². The summed E-state index contributed by atoms with van der Waals surface area (Å²) in [5, 5.41) is 7.03. The van der Waals surface area contributed by atoms with Crippen LogP contribution in [-0.4, -0.2) is 33.9 Å². The normalized spacial score (nSPS) is 11.1. The molecule has 0 saturated heterocycles. The third kappa shape index (κ3) is 4.51. The maximum Gasteiger partial charge on any atom is 0.374 e. The molecule has 0 aliphatic rings. The van der Waals surface area contributed by atoms with Crippen LogP contribution in [0.2, 0.25) is 0 Å². The Morgan fingerprint density at radius 2 is 1.89 bits per heavy atom. The van der Waals surface area contributed by atoms with E-state index in [0.29, 0.717) is 27.2 Å². The van der Waals surface area contributed by atoms with Crippen molar-refractivity contribution in [1.29, 1.82) is 0 Å². The number of fused-ring (bicyclic) bond motifs is 2. The van der Waals surface area contributed by atoms with Gasteiger partial charge in [0.25, 0.3) is 11.8 Å². The number of aryl methyl sites for hydroxylation is 1. The van der Waals surface area contributed by atoms with Crippen LogP contribution >= 0.6 is 11.3 Å². The average Bonchev–Trinajstić information content (AvgIpc) is 3.55. The molecular weight excluding hydrogens is 482 g/mol. The minimum Gasteiger partial charge on any atom is -0.460 e. The lowest BCUT2D eigenvalue weighted by Crippen LogP contribution is -2.12. The van der Waals surface area contributed by atoms with E-state index in [0.717, 1.165) is 10.1 Å². The van der Waals surface area contributed by atoms with Crippen LogP contribution in [0.25, 0.3) is 21.1 Å². The summed E-state index contributed by atoms with van der Waals surface area (Å²) in [6.07, 6.45) is 1.50. The fraction of sp³-hybridized carbons (Fsp3) is 0.120. The number of nitrogens with two attached hydrogens (primary N) is 1. The summed E-state index contributed by atoms with van der Waals surface area (Å²) in [6, 6.07) is 14.0.